The first-order valence-corrected chi connectivity index (χ1v) is 8.69. The third kappa shape index (κ3) is 4.69. The van der Waals surface area contributed by atoms with E-state index in [0.29, 0.717) is 29.8 Å². The number of pyridine rings is 1. The molecule has 0 bridgehead atoms. The molecule has 0 saturated heterocycles. The predicted octanol–water partition coefficient (Wildman–Crippen LogP) is 4.99. The molecule has 132 valence electrons. The first-order chi connectivity index (χ1) is 11.9. The second-order valence-corrected chi connectivity index (χ2v) is 6.67. The minimum atomic E-state index is -0.133. The molecule has 0 aliphatic heterocycles. The second kappa shape index (κ2) is 8.47. The van der Waals surface area contributed by atoms with Crippen LogP contribution in [0.3, 0.4) is 0 Å². The van der Waals surface area contributed by atoms with Crippen molar-refractivity contribution < 1.29 is 4.79 Å². The highest BCUT2D eigenvalue weighted by Gasteiger charge is 2.15. The molecule has 0 saturated carbocycles. The van der Waals surface area contributed by atoms with Gasteiger partial charge in [0.1, 0.15) is 5.82 Å². The van der Waals surface area contributed by atoms with Crippen molar-refractivity contribution in [1.29, 1.82) is 0 Å². The maximum Gasteiger partial charge on any atom is 0.251 e. The smallest absolute Gasteiger partial charge is 0.251 e. The molecule has 2 rings (SSSR count). The number of para-hydroxylation sites is 1. The van der Waals surface area contributed by atoms with E-state index >= 15 is 0 Å². The molecule has 1 amide bonds. The number of carbonyl (C=O) groups is 1. The summed E-state index contributed by atoms with van der Waals surface area (Å²) >= 11 is 0. The number of carbonyl (C=O) groups excluding carboxylic acids is 1. The predicted molar refractivity (Wildman–Crippen MR) is 105 cm³/mol. The van der Waals surface area contributed by atoms with Crippen LogP contribution in [0.2, 0.25) is 0 Å². The largest absolute Gasteiger partial charge is 0.349 e. The maximum atomic E-state index is 12.1. The standard InChI is InChI=1S/C21H27N3O/c1-6-11-23-21(25)16-10-12-22-19(13-16)24-20-17(14(2)3)8-7-9-18(20)15(4)5/h6-10,12-15H,1,11H2,2-5H3,(H,22,24)(H,23,25). The highest BCUT2D eigenvalue weighted by Crippen LogP contribution is 2.34. The van der Waals surface area contributed by atoms with E-state index in [1.54, 1.807) is 24.4 Å². The Bertz CT molecular complexity index is 724. The van der Waals surface area contributed by atoms with Gasteiger partial charge in [0, 0.05) is 24.0 Å². The Morgan fingerprint density at radius 1 is 1.16 bits per heavy atom. The van der Waals surface area contributed by atoms with Crippen LogP contribution in [0.25, 0.3) is 0 Å². The van der Waals surface area contributed by atoms with E-state index < -0.39 is 0 Å². The van der Waals surface area contributed by atoms with Crippen molar-refractivity contribution >= 4 is 17.4 Å². The number of nitrogens with one attached hydrogen (secondary N) is 2. The van der Waals surface area contributed by atoms with Crippen LogP contribution in [-0.4, -0.2) is 17.4 Å². The van der Waals surface area contributed by atoms with Gasteiger partial charge in [-0.25, -0.2) is 4.98 Å². The molecule has 0 unspecified atom stereocenters. The molecule has 0 aliphatic carbocycles. The van der Waals surface area contributed by atoms with Crippen molar-refractivity contribution in [2.45, 2.75) is 39.5 Å². The van der Waals surface area contributed by atoms with E-state index in [-0.39, 0.29) is 5.91 Å². The Labute approximate surface area is 150 Å². The zero-order chi connectivity index (χ0) is 18.4. The number of hydrogen-bond donors (Lipinski definition) is 2. The highest BCUT2D eigenvalue weighted by atomic mass is 16.1. The Kier molecular flexibility index (Phi) is 6.34. The van der Waals surface area contributed by atoms with Crippen molar-refractivity contribution in [2.24, 2.45) is 0 Å². The normalized spacial score (nSPS) is 10.8. The summed E-state index contributed by atoms with van der Waals surface area (Å²) in [7, 11) is 0. The molecular formula is C21H27N3O. The van der Waals surface area contributed by atoms with Crippen molar-refractivity contribution in [3.8, 4) is 0 Å². The first-order valence-electron chi connectivity index (χ1n) is 8.69. The van der Waals surface area contributed by atoms with Crippen LogP contribution in [0.1, 0.15) is 61.0 Å². The summed E-state index contributed by atoms with van der Waals surface area (Å²) in [6.45, 7) is 12.8. The molecule has 4 nitrogen and oxygen atoms in total. The minimum Gasteiger partial charge on any atom is -0.349 e. The lowest BCUT2D eigenvalue weighted by Crippen LogP contribution is -2.23. The van der Waals surface area contributed by atoms with Crippen LogP contribution in [0.15, 0.2) is 49.2 Å². The van der Waals surface area contributed by atoms with Gasteiger partial charge in [0.2, 0.25) is 0 Å². The number of hydrogen-bond acceptors (Lipinski definition) is 3. The lowest BCUT2D eigenvalue weighted by Gasteiger charge is -2.20. The fourth-order valence-electron chi connectivity index (χ4n) is 2.73. The van der Waals surface area contributed by atoms with Gasteiger partial charge in [0.25, 0.3) is 5.91 Å². The molecule has 2 N–H and O–H groups in total. The van der Waals surface area contributed by atoms with Gasteiger partial charge in [-0.3, -0.25) is 4.79 Å². The quantitative estimate of drug-likeness (QED) is 0.700. The number of aromatic nitrogens is 1. The summed E-state index contributed by atoms with van der Waals surface area (Å²) < 4.78 is 0. The van der Waals surface area contributed by atoms with E-state index in [4.69, 9.17) is 0 Å². The minimum absolute atomic E-state index is 0.133. The van der Waals surface area contributed by atoms with Gasteiger partial charge in [0.05, 0.1) is 0 Å². The second-order valence-electron chi connectivity index (χ2n) is 6.67. The Morgan fingerprint density at radius 2 is 1.80 bits per heavy atom. The molecule has 4 heteroatoms. The molecule has 1 heterocycles. The van der Waals surface area contributed by atoms with E-state index in [0.717, 1.165) is 5.69 Å². The number of benzene rings is 1. The molecule has 2 aromatic rings. The molecule has 0 fully saturated rings. The van der Waals surface area contributed by atoms with Crippen LogP contribution in [0.5, 0.6) is 0 Å². The highest BCUT2D eigenvalue weighted by molar-refractivity contribution is 5.95. The van der Waals surface area contributed by atoms with Gasteiger partial charge in [-0.1, -0.05) is 52.0 Å². The summed E-state index contributed by atoms with van der Waals surface area (Å²) in [4.78, 5) is 16.5. The van der Waals surface area contributed by atoms with Gasteiger partial charge >= 0.3 is 0 Å². The van der Waals surface area contributed by atoms with Crippen molar-refractivity contribution in [1.82, 2.24) is 10.3 Å². The van der Waals surface area contributed by atoms with Crippen molar-refractivity contribution in [2.75, 3.05) is 11.9 Å². The molecule has 0 spiro atoms. The summed E-state index contributed by atoms with van der Waals surface area (Å²) in [5, 5.41) is 6.23. The van der Waals surface area contributed by atoms with E-state index in [1.807, 2.05) is 0 Å². The summed E-state index contributed by atoms with van der Waals surface area (Å²) in [6, 6.07) is 9.86. The van der Waals surface area contributed by atoms with Gasteiger partial charge in [-0.15, -0.1) is 6.58 Å². The average molecular weight is 337 g/mol. The zero-order valence-corrected chi connectivity index (χ0v) is 15.5. The molecule has 25 heavy (non-hydrogen) atoms. The van der Waals surface area contributed by atoms with Crippen molar-refractivity contribution in [3.05, 3.63) is 65.9 Å². The molecule has 0 atom stereocenters. The fraction of sp³-hybridized carbons (Fsp3) is 0.333. The van der Waals surface area contributed by atoms with Crippen LogP contribution >= 0.6 is 0 Å². The third-order valence-corrected chi connectivity index (χ3v) is 4.06. The zero-order valence-electron chi connectivity index (χ0n) is 15.5. The maximum absolute atomic E-state index is 12.1. The molecule has 0 radical (unpaired) electrons. The number of rotatable bonds is 7. The van der Waals surface area contributed by atoms with E-state index in [1.165, 1.54) is 11.1 Å². The average Bonchev–Trinajstić information content (AvgIpc) is 2.59. The number of amides is 1. The lowest BCUT2D eigenvalue weighted by molar-refractivity contribution is 0.0958. The molecular weight excluding hydrogens is 310 g/mol. The summed E-state index contributed by atoms with van der Waals surface area (Å²) in [6.07, 6.45) is 3.31. The van der Waals surface area contributed by atoms with Crippen molar-refractivity contribution in [3.63, 3.8) is 0 Å². The SMILES string of the molecule is C=CCNC(=O)c1ccnc(Nc2c(C(C)C)cccc2C(C)C)c1. The monoisotopic (exact) mass is 337 g/mol. The third-order valence-electron chi connectivity index (χ3n) is 4.06. The lowest BCUT2D eigenvalue weighted by atomic mass is 9.92. The van der Waals surface area contributed by atoms with Gasteiger partial charge in [-0.2, -0.15) is 0 Å². The van der Waals surface area contributed by atoms with Gasteiger partial charge in [0.15, 0.2) is 0 Å². The van der Waals surface area contributed by atoms with E-state index in [2.05, 4.69) is 68.1 Å². The fourth-order valence-corrected chi connectivity index (χ4v) is 2.73. The number of anilines is 2. The molecule has 1 aromatic heterocycles. The van der Waals surface area contributed by atoms with Gasteiger partial charge < -0.3 is 10.6 Å². The van der Waals surface area contributed by atoms with Gasteiger partial charge in [-0.05, 0) is 35.1 Å². The Hall–Kier alpha value is -2.62. The molecule has 1 aromatic carbocycles. The van der Waals surface area contributed by atoms with Crippen LogP contribution < -0.4 is 10.6 Å². The van der Waals surface area contributed by atoms with Crippen LogP contribution in [0, 0.1) is 0 Å². The van der Waals surface area contributed by atoms with Crippen LogP contribution in [-0.2, 0) is 0 Å². The summed E-state index contributed by atoms with van der Waals surface area (Å²) in [5.41, 5.74) is 4.15. The molecule has 0 aliphatic rings. The van der Waals surface area contributed by atoms with E-state index in [9.17, 15) is 4.79 Å². The number of nitrogens with zero attached hydrogens (tertiary/aromatic N) is 1. The first kappa shape index (κ1) is 18.7. The Balaban J connectivity index is 2.36. The Morgan fingerprint density at radius 3 is 2.36 bits per heavy atom. The van der Waals surface area contributed by atoms with Crippen LogP contribution in [0.4, 0.5) is 11.5 Å². The topological polar surface area (TPSA) is 54.0 Å². The summed E-state index contributed by atoms with van der Waals surface area (Å²) in [5.74, 6) is 1.31.